The molecule has 0 aliphatic rings. The summed E-state index contributed by atoms with van der Waals surface area (Å²) in [7, 11) is 1.77. The molecule has 17 heavy (non-hydrogen) atoms. The van der Waals surface area contributed by atoms with Gasteiger partial charge in [-0.05, 0) is 26.0 Å². The maximum Gasteiger partial charge on any atom is 0.175 e. The highest BCUT2D eigenvalue weighted by atomic mass is 15.6. The average Bonchev–Trinajstić information content (AvgIpc) is 2.60. The van der Waals surface area contributed by atoms with Gasteiger partial charge in [0.1, 0.15) is 0 Å². The van der Waals surface area contributed by atoms with E-state index >= 15 is 0 Å². The van der Waals surface area contributed by atoms with Gasteiger partial charge < -0.3 is 5.32 Å². The van der Waals surface area contributed by atoms with E-state index in [1.54, 1.807) is 7.05 Å². The van der Waals surface area contributed by atoms with E-state index in [2.05, 4.69) is 55.0 Å². The molecule has 96 valence electrons. The predicted molar refractivity (Wildman–Crippen MR) is 68.6 cm³/mol. The van der Waals surface area contributed by atoms with Gasteiger partial charge in [0.15, 0.2) is 5.82 Å². The van der Waals surface area contributed by atoms with E-state index in [-0.39, 0.29) is 11.0 Å². The molecule has 5 nitrogen and oxygen atoms in total. The van der Waals surface area contributed by atoms with Crippen molar-refractivity contribution in [1.82, 2.24) is 25.5 Å². The van der Waals surface area contributed by atoms with Gasteiger partial charge in [0, 0.05) is 23.9 Å². The minimum atomic E-state index is -0.0592. The van der Waals surface area contributed by atoms with E-state index in [9.17, 15) is 0 Å². The zero-order chi connectivity index (χ0) is 13.1. The number of rotatable bonds is 5. The Morgan fingerprint density at radius 3 is 2.41 bits per heavy atom. The molecule has 1 unspecified atom stereocenters. The molecule has 1 aromatic heterocycles. The van der Waals surface area contributed by atoms with Crippen molar-refractivity contribution in [2.24, 2.45) is 12.5 Å². The highest BCUT2D eigenvalue weighted by molar-refractivity contribution is 5.00. The SMILES string of the molecule is C=CC(C)(CNC(C)(C)C)Cc1nnn(C)n1. The van der Waals surface area contributed by atoms with Crippen molar-refractivity contribution in [1.29, 1.82) is 0 Å². The molecule has 0 amide bonds. The molecule has 0 saturated heterocycles. The molecular weight excluding hydrogens is 214 g/mol. The van der Waals surface area contributed by atoms with Gasteiger partial charge in [0.25, 0.3) is 0 Å². The van der Waals surface area contributed by atoms with Crippen LogP contribution in [0.15, 0.2) is 12.7 Å². The van der Waals surface area contributed by atoms with Crippen LogP contribution in [0.5, 0.6) is 0 Å². The summed E-state index contributed by atoms with van der Waals surface area (Å²) in [5.74, 6) is 0.755. The molecule has 0 aliphatic heterocycles. The van der Waals surface area contributed by atoms with Crippen molar-refractivity contribution in [3.8, 4) is 0 Å². The van der Waals surface area contributed by atoms with Crippen LogP contribution >= 0.6 is 0 Å². The maximum absolute atomic E-state index is 4.21. The van der Waals surface area contributed by atoms with Crippen LogP contribution in [-0.4, -0.2) is 32.3 Å². The lowest BCUT2D eigenvalue weighted by atomic mass is 9.85. The van der Waals surface area contributed by atoms with Crippen LogP contribution in [0.25, 0.3) is 0 Å². The number of aromatic nitrogens is 4. The van der Waals surface area contributed by atoms with Crippen LogP contribution in [0.4, 0.5) is 0 Å². The minimum Gasteiger partial charge on any atom is -0.311 e. The molecule has 0 aliphatic carbocycles. The lowest BCUT2D eigenvalue weighted by Crippen LogP contribution is -2.43. The van der Waals surface area contributed by atoms with Crippen molar-refractivity contribution >= 4 is 0 Å². The first-order valence-electron chi connectivity index (χ1n) is 5.86. The van der Waals surface area contributed by atoms with Crippen molar-refractivity contribution < 1.29 is 0 Å². The molecule has 1 heterocycles. The Hall–Kier alpha value is -1.23. The second kappa shape index (κ2) is 4.96. The number of nitrogens with one attached hydrogen (secondary N) is 1. The fourth-order valence-corrected chi connectivity index (χ4v) is 1.43. The number of hydrogen-bond donors (Lipinski definition) is 1. The Bertz CT molecular complexity index is 376. The highest BCUT2D eigenvalue weighted by Crippen LogP contribution is 2.22. The van der Waals surface area contributed by atoms with Gasteiger partial charge in [-0.1, -0.05) is 13.0 Å². The Morgan fingerprint density at radius 1 is 1.35 bits per heavy atom. The van der Waals surface area contributed by atoms with Gasteiger partial charge >= 0.3 is 0 Å². The summed E-state index contributed by atoms with van der Waals surface area (Å²) in [6, 6.07) is 0. The third kappa shape index (κ3) is 4.65. The topological polar surface area (TPSA) is 55.6 Å². The fraction of sp³-hybridized carbons (Fsp3) is 0.750. The summed E-state index contributed by atoms with van der Waals surface area (Å²) >= 11 is 0. The van der Waals surface area contributed by atoms with Gasteiger partial charge in [-0.15, -0.1) is 16.8 Å². The van der Waals surface area contributed by atoms with Crippen molar-refractivity contribution in [3.63, 3.8) is 0 Å². The van der Waals surface area contributed by atoms with E-state index < -0.39 is 0 Å². The van der Waals surface area contributed by atoms with Crippen LogP contribution < -0.4 is 5.32 Å². The van der Waals surface area contributed by atoms with Crippen LogP contribution in [0.3, 0.4) is 0 Å². The van der Waals surface area contributed by atoms with E-state index in [4.69, 9.17) is 0 Å². The van der Waals surface area contributed by atoms with E-state index in [0.717, 1.165) is 18.8 Å². The third-order valence-corrected chi connectivity index (χ3v) is 2.63. The highest BCUT2D eigenvalue weighted by Gasteiger charge is 2.25. The number of tetrazole rings is 1. The third-order valence-electron chi connectivity index (χ3n) is 2.63. The standard InChI is InChI=1S/C12H23N5/c1-7-12(5,9-13-11(2,3)4)8-10-14-16-17(6)15-10/h7,13H,1,8-9H2,2-6H3. The van der Waals surface area contributed by atoms with Gasteiger partial charge in [-0.3, -0.25) is 0 Å². The lowest BCUT2D eigenvalue weighted by molar-refractivity contribution is 0.318. The van der Waals surface area contributed by atoms with Crippen molar-refractivity contribution in [3.05, 3.63) is 18.5 Å². The Morgan fingerprint density at radius 2 is 2.00 bits per heavy atom. The molecule has 1 N–H and O–H groups in total. The average molecular weight is 237 g/mol. The molecule has 0 fully saturated rings. The first-order chi connectivity index (χ1) is 7.74. The van der Waals surface area contributed by atoms with Crippen molar-refractivity contribution in [2.75, 3.05) is 6.54 Å². The molecule has 0 radical (unpaired) electrons. The smallest absolute Gasteiger partial charge is 0.175 e. The van der Waals surface area contributed by atoms with Crippen molar-refractivity contribution in [2.45, 2.75) is 39.7 Å². The molecule has 0 spiro atoms. The van der Waals surface area contributed by atoms with Crippen LogP contribution in [0, 0.1) is 5.41 Å². The van der Waals surface area contributed by atoms with Crippen LogP contribution in [-0.2, 0) is 13.5 Å². The monoisotopic (exact) mass is 237 g/mol. The second-order valence-electron chi connectivity index (χ2n) is 5.83. The Balaban J connectivity index is 2.65. The number of nitrogens with zero attached hydrogens (tertiary/aromatic N) is 4. The van der Waals surface area contributed by atoms with Gasteiger partial charge in [-0.2, -0.15) is 4.80 Å². The first-order valence-corrected chi connectivity index (χ1v) is 5.86. The molecule has 5 heteroatoms. The summed E-state index contributed by atoms with van der Waals surface area (Å²) in [5.41, 5.74) is 0.0381. The summed E-state index contributed by atoms with van der Waals surface area (Å²) in [5, 5.41) is 15.6. The fourth-order valence-electron chi connectivity index (χ4n) is 1.43. The Kier molecular flexibility index (Phi) is 4.03. The molecule has 1 aromatic rings. The molecule has 0 aromatic carbocycles. The predicted octanol–water partition coefficient (Wildman–Crippen LogP) is 1.33. The van der Waals surface area contributed by atoms with E-state index in [1.807, 2.05) is 6.08 Å². The summed E-state index contributed by atoms with van der Waals surface area (Å²) < 4.78 is 0. The summed E-state index contributed by atoms with van der Waals surface area (Å²) in [6.45, 7) is 13.4. The zero-order valence-corrected chi connectivity index (χ0v) is 11.5. The number of hydrogen-bond acceptors (Lipinski definition) is 4. The largest absolute Gasteiger partial charge is 0.311 e. The molecule has 0 saturated carbocycles. The van der Waals surface area contributed by atoms with Gasteiger partial charge in [-0.25, -0.2) is 0 Å². The summed E-state index contributed by atoms with van der Waals surface area (Å²) in [4.78, 5) is 1.48. The zero-order valence-electron chi connectivity index (χ0n) is 11.5. The molecule has 1 atom stereocenters. The quantitative estimate of drug-likeness (QED) is 0.785. The maximum atomic E-state index is 4.21. The van der Waals surface area contributed by atoms with E-state index in [0.29, 0.717) is 0 Å². The van der Waals surface area contributed by atoms with Gasteiger partial charge in [0.2, 0.25) is 0 Å². The van der Waals surface area contributed by atoms with E-state index in [1.165, 1.54) is 4.80 Å². The summed E-state index contributed by atoms with van der Waals surface area (Å²) in [6.07, 6.45) is 2.70. The molecule has 0 bridgehead atoms. The minimum absolute atomic E-state index is 0.0592. The van der Waals surface area contributed by atoms with Gasteiger partial charge in [0.05, 0.1) is 7.05 Å². The second-order valence-corrected chi connectivity index (χ2v) is 5.83. The molecule has 1 rings (SSSR count). The Labute approximate surface area is 103 Å². The van der Waals surface area contributed by atoms with Crippen LogP contribution in [0.1, 0.15) is 33.5 Å². The normalized spacial score (nSPS) is 15.6. The molecular formula is C12H23N5. The number of aryl methyl sites for hydroxylation is 1. The van der Waals surface area contributed by atoms with Crippen LogP contribution in [0.2, 0.25) is 0 Å². The lowest BCUT2D eigenvalue weighted by Gasteiger charge is -2.30. The first kappa shape index (κ1) is 13.8.